The number of aromatic nitrogens is 2. The molecule has 0 aliphatic heterocycles. The minimum absolute atomic E-state index is 1.01. The third-order valence-corrected chi connectivity index (χ3v) is 5.39. The molecule has 0 saturated heterocycles. The van der Waals surface area contributed by atoms with Crippen molar-refractivity contribution in [3.63, 3.8) is 0 Å². The molecule has 2 heterocycles. The largest absolute Gasteiger partial charge is 0.344 e. The van der Waals surface area contributed by atoms with Gasteiger partial charge in [-0.05, 0) is 29.7 Å². The molecule has 0 bridgehead atoms. The second-order valence-electron chi connectivity index (χ2n) is 6.61. The third kappa shape index (κ3) is 1.78. The van der Waals surface area contributed by atoms with Crippen molar-refractivity contribution < 1.29 is 0 Å². The monoisotopic (exact) mass is 325 g/mol. The summed E-state index contributed by atoms with van der Waals surface area (Å²) in [6.45, 7) is 0. The highest BCUT2D eigenvalue weighted by Gasteiger charge is 2.15. The Hall–Kier alpha value is -3.07. The SMILES string of the molecule is CN=c1ccc2c3cccc4c3c(c3ccccc3n4C)n(C)c2c1. The van der Waals surface area contributed by atoms with Gasteiger partial charge < -0.3 is 9.13 Å². The van der Waals surface area contributed by atoms with Gasteiger partial charge >= 0.3 is 0 Å². The fraction of sp³-hybridized carbons (Fsp3) is 0.136. The van der Waals surface area contributed by atoms with Crippen LogP contribution >= 0.6 is 0 Å². The van der Waals surface area contributed by atoms with Crippen molar-refractivity contribution in [2.75, 3.05) is 7.05 Å². The highest BCUT2D eigenvalue weighted by Crippen LogP contribution is 2.36. The molecule has 0 aliphatic carbocycles. The van der Waals surface area contributed by atoms with E-state index in [1.54, 1.807) is 0 Å². The van der Waals surface area contributed by atoms with Gasteiger partial charge in [0.1, 0.15) is 0 Å². The predicted octanol–water partition coefficient (Wildman–Crippen LogP) is 4.51. The summed E-state index contributed by atoms with van der Waals surface area (Å²) in [6.07, 6.45) is 0. The lowest BCUT2D eigenvalue weighted by Crippen LogP contribution is -2.07. The topological polar surface area (TPSA) is 22.2 Å². The second-order valence-corrected chi connectivity index (χ2v) is 6.61. The quantitative estimate of drug-likeness (QED) is 0.295. The van der Waals surface area contributed by atoms with Crippen LogP contribution in [-0.4, -0.2) is 16.2 Å². The van der Waals surface area contributed by atoms with Crippen molar-refractivity contribution in [3.05, 3.63) is 66.0 Å². The first-order valence-electron chi connectivity index (χ1n) is 8.52. The van der Waals surface area contributed by atoms with Gasteiger partial charge in [0.2, 0.25) is 0 Å². The maximum Gasteiger partial charge on any atom is 0.0604 e. The van der Waals surface area contributed by atoms with Crippen molar-refractivity contribution in [2.45, 2.75) is 0 Å². The van der Waals surface area contributed by atoms with E-state index in [1.165, 1.54) is 43.6 Å². The minimum atomic E-state index is 1.01. The van der Waals surface area contributed by atoms with Gasteiger partial charge in [-0.15, -0.1) is 0 Å². The molecule has 0 saturated carbocycles. The Kier molecular flexibility index (Phi) is 2.84. The third-order valence-electron chi connectivity index (χ3n) is 5.39. The van der Waals surface area contributed by atoms with Crippen LogP contribution in [0, 0.1) is 0 Å². The summed E-state index contributed by atoms with van der Waals surface area (Å²) < 4.78 is 4.62. The number of aryl methyl sites for hydroxylation is 2. The van der Waals surface area contributed by atoms with Crippen molar-refractivity contribution >= 4 is 43.6 Å². The first kappa shape index (κ1) is 14.3. The van der Waals surface area contributed by atoms with Crippen molar-refractivity contribution in [3.8, 4) is 0 Å². The zero-order valence-electron chi connectivity index (χ0n) is 14.6. The summed E-state index contributed by atoms with van der Waals surface area (Å²) in [5, 5.41) is 6.16. The van der Waals surface area contributed by atoms with E-state index in [0.717, 1.165) is 5.36 Å². The lowest BCUT2D eigenvalue weighted by atomic mass is 9.99. The highest BCUT2D eigenvalue weighted by atomic mass is 15.0. The number of hydrogen-bond donors (Lipinski definition) is 0. The number of hydrogen-bond acceptors (Lipinski definition) is 1. The van der Waals surface area contributed by atoms with E-state index in [2.05, 4.69) is 88.9 Å². The molecule has 0 unspecified atom stereocenters. The maximum atomic E-state index is 4.36. The molecule has 0 radical (unpaired) electrons. The van der Waals surface area contributed by atoms with E-state index in [-0.39, 0.29) is 0 Å². The summed E-state index contributed by atoms with van der Waals surface area (Å²) in [5.41, 5.74) is 4.99. The normalized spacial score (nSPS) is 12.8. The fourth-order valence-corrected chi connectivity index (χ4v) is 4.16. The average molecular weight is 325 g/mol. The molecule has 0 spiro atoms. The lowest BCUT2D eigenvalue weighted by molar-refractivity contribution is 0.985. The molecule has 0 aliphatic rings. The summed E-state index contributed by atoms with van der Waals surface area (Å²) in [6, 6.07) is 21.7. The molecular weight excluding hydrogens is 306 g/mol. The molecule has 0 atom stereocenters. The Bertz CT molecular complexity index is 1370. The number of benzene rings is 3. The Morgan fingerprint density at radius 2 is 1.44 bits per heavy atom. The van der Waals surface area contributed by atoms with Crippen LogP contribution in [0.15, 0.2) is 65.7 Å². The summed E-state index contributed by atoms with van der Waals surface area (Å²) in [4.78, 5) is 4.36. The van der Waals surface area contributed by atoms with Crippen LogP contribution in [0.1, 0.15) is 0 Å². The molecule has 5 rings (SSSR count). The first-order valence-corrected chi connectivity index (χ1v) is 8.52. The van der Waals surface area contributed by atoms with Crippen molar-refractivity contribution in [1.82, 2.24) is 9.13 Å². The Labute approximate surface area is 145 Å². The molecule has 25 heavy (non-hydrogen) atoms. The van der Waals surface area contributed by atoms with E-state index < -0.39 is 0 Å². The van der Waals surface area contributed by atoms with Gasteiger partial charge in [-0.2, -0.15) is 0 Å². The molecule has 5 aromatic rings. The van der Waals surface area contributed by atoms with Gasteiger partial charge in [0.15, 0.2) is 0 Å². The van der Waals surface area contributed by atoms with Crippen LogP contribution in [-0.2, 0) is 14.1 Å². The Morgan fingerprint density at radius 3 is 2.28 bits per heavy atom. The van der Waals surface area contributed by atoms with E-state index in [0.29, 0.717) is 0 Å². The van der Waals surface area contributed by atoms with E-state index >= 15 is 0 Å². The lowest BCUT2D eigenvalue weighted by Gasteiger charge is -2.20. The van der Waals surface area contributed by atoms with Gasteiger partial charge in [-0.25, -0.2) is 0 Å². The summed E-state index contributed by atoms with van der Waals surface area (Å²) >= 11 is 0. The Morgan fingerprint density at radius 1 is 0.680 bits per heavy atom. The molecule has 0 N–H and O–H groups in total. The summed E-state index contributed by atoms with van der Waals surface area (Å²) in [7, 11) is 6.16. The van der Waals surface area contributed by atoms with Crippen LogP contribution in [0.4, 0.5) is 0 Å². The zero-order valence-corrected chi connectivity index (χ0v) is 14.6. The number of para-hydroxylation sites is 1. The van der Waals surface area contributed by atoms with Gasteiger partial charge in [0, 0.05) is 37.3 Å². The van der Waals surface area contributed by atoms with Gasteiger partial charge in [-0.1, -0.05) is 36.4 Å². The van der Waals surface area contributed by atoms with E-state index in [9.17, 15) is 0 Å². The molecule has 3 nitrogen and oxygen atoms in total. The molecule has 2 aromatic heterocycles. The number of rotatable bonds is 0. The smallest absolute Gasteiger partial charge is 0.0604 e. The molecule has 0 amide bonds. The highest BCUT2D eigenvalue weighted by molar-refractivity contribution is 6.24. The molecule has 122 valence electrons. The van der Waals surface area contributed by atoms with Crippen molar-refractivity contribution in [2.24, 2.45) is 19.1 Å². The Balaban J connectivity index is 2.24. The van der Waals surface area contributed by atoms with Crippen LogP contribution in [0.25, 0.3) is 43.6 Å². The number of fused-ring (bicyclic) bond motifs is 4. The molecule has 3 heteroatoms. The standard InChI is InChI=1S/C22H19N3/c1-23-14-11-12-15-16-8-6-10-19-21(16)22(25(3)20(15)13-14)17-7-4-5-9-18(17)24(19)2/h4-13H,1-3H3. The van der Waals surface area contributed by atoms with Gasteiger partial charge in [0.05, 0.1) is 27.4 Å². The first-order chi connectivity index (χ1) is 12.2. The number of pyridine rings is 2. The van der Waals surface area contributed by atoms with Crippen molar-refractivity contribution in [1.29, 1.82) is 0 Å². The van der Waals surface area contributed by atoms with Crippen LogP contribution < -0.4 is 5.36 Å². The van der Waals surface area contributed by atoms with E-state index in [1.807, 2.05) is 7.05 Å². The van der Waals surface area contributed by atoms with E-state index in [4.69, 9.17) is 0 Å². The van der Waals surface area contributed by atoms with Crippen LogP contribution in [0.5, 0.6) is 0 Å². The van der Waals surface area contributed by atoms with Gasteiger partial charge in [-0.3, -0.25) is 4.99 Å². The maximum absolute atomic E-state index is 4.36. The van der Waals surface area contributed by atoms with Crippen LogP contribution in [0.3, 0.4) is 0 Å². The van der Waals surface area contributed by atoms with Gasteiger partial charge in [0.25, 0.3) is 0 Å². The number of nitrogens with zero attached hydrogens (tertiary/aromatic N) is 3. The predicted molar refractivity (Wildman–Crippen MR) is 106 cm³/mol. The zero-order chi connectivity index (χ0) is 17.1. The summed E-state index contributed by atoms with van der Waals surface area (Å²) in [5.74, 6) is 0. The molecular formula is C22H19N3. The minimum Gasteiger partial charge on any atom is -0.344 e. The molecule has 0 fully saturated rings. The average Bonchev–Trinajstić information content (AvgIpc) is 2.67. The fourth-order valence-electron chi connectivity index (χ4n) is 4.16. The second kappa shape index (κ2) is 4.96. The van der Waals surface area contributed by atoms with Crippen LogP contribution in [0.2, 0.25) is 0 Å². The molecule has 3 aromatic carbocycles.